The van der Waals surface area contributed by atoms with E-state index < -0.39 is 11.8 Å². The first-order valence-electron chi connectivity index (χ1n) is 9.57. The van der Waals surface area contributed by atoms with Crippen LogP contribution in [0.2, 0.25) is 0 Å². The molecule has 6 nitrogen and oxygen atoms in total. The van der Waals surface area contributed by atoms with Gasteiger partial charge in [-0.05, 0) is 84.3 Å². The summed E-state index contributed by atoms with van der Waals surface area (Å²) in [7, 11) is 0. The highest BCUT2D eigenvalue weighted by Gasteiger charge is 2.54. The Morgan fingerprint density at radius 2 is 1.56 bits per heavy atom. The first kappa shape index (κ1) is 18.5. The highest BCUT2D eigenvalue weighted by atomic mass is 79.9. The van der Waals surface area contributed by atoms with Gasteiger partial charge in [0, 0.05) is 9.89 Å². The molecule has 1 aromatic rings. The van der Waals surface area contributed by atoms with Crippen LogP contribution in [-0.2, 0) is 9.59 Å². The lowest BCUT2D eigenvalue weighted by Crippen LogP contribution is -2.55. The second-order valence-corrected chi connectivity index (χ2v) is 9.22. The summed E-state index contributed by atoms with van der Waals surface area (Å²) in [4.78, 5) is 37.0. The standard InChI is InChI=1S/C20H24BrN3O3/c21-16-4-2-1-3-15(16)18(26)24-23-17(25)11-22-19(27)20-8-12-5-13(9-20)7-14(6-12)10-20/h1-4,12-14H,5-11H2,(H,22,27)(H,23,25)(H,24,26). The number of carbonyl (C=O) groups is 3. The Morgan fingerprint density at radius 1 is 0.963 bits per heavy atom. The lowest BCUT2D eigenvalue weighted by molar-refractivity contribution is -0.147. The molecule has 5 rings (SSSR count). The van der Waals surface area contributed by atoms with Crippen LogP contribution in [0.25, 0.3) is 0 Å². The van der Waals surface area contributed by atoms with E-state index >= 15 is 0 Å². The van der Waals surface area contributed by atoms with Gasteiger partial charge in [-0.3, -0.25) is 25.2 Å². The first-order chi connectivity index (χ1) is 12.9. The summed E-state index contributed by atoms with van der Waals surface area (Å²) in [6, 6.07) is 6.95. The van der Waals surface area contributed by atoms with Gasteiger partial charge in [-0.25, -0.2) is 0 Å². The van der Waals surface area contributed by atoms with Gasteiger partial charge in [-0.1, -0.05) is 12.1 Å². The highest BCUT2D eigenvalue weighted by molar-refractivity contribution is 9.10. The Labute approximate surface area is 166 Å². The van der Waals surface area contributed by atoms with Gasteiger partial charge in [0.05, 0.1) is 12.1 Å². The van der Waals surface area contributed by atoms with Gasteiger partial charge in [0.25, 0.3) is 11.8 Å². The number of hydrogen-bond donors (Lipinski definition) is 3. The number of benzene rings is 1. The van der Waals surface area contributed by atoms with Crippen LogP contribution < -0.4 is 16.2 Å². The third-order valence-corrected chi connectivity index (χ3v) is 7.05. The minimum absolute atomic E-state index is 0.00822. The zero-order chi connectivity index (χ0) is 19.0. The second kappa shape index (κ2) is 7.26. The fourth-order valence-electron chi connectivity index (χ4n) is 5.62. The maximum atomic E-state index is 12.8. The quantitative estimate of drug-likeness (QED) is 0.637. The minimum Gasteiger partial charge on any atom is -0.346 e. The first-order valence-corrected chi connectivity index (χ1v) is 10.4. The molecule has 0 radical (unpaired) electrons. The molecule has 4 aliphatic rings. The second-order valence-electron chi connectivity index (χ2n) is 8.36. The van der Waals surface area contributed by atoms with Crippen LogP contribution in [0, 0.1) is 23.2 Å². The van der Waals surface area contributed by atoms with Crippen molar-refractivity contribution in [3.8, 4) is 0 Å². The molecule has 4 fully saturated rings. The van der Waals surface area contributed by atoms with Crippen molar-refractivity contribution in [1.82, 2.24) is 16.2 Å². The number of nitrogens with one attached hydrogen (secondary N) is 3. The predicted octanol–water partition coefficient (Wildman–Crippen LogP) is 2.54. The van der Waals surface area contributed by atoms with E-state index in [9.17, 15) is 14.4 Å². The topological polar surface area (TPSA) is 87.3 Å². The Morgan fingerprint density at radius 3 is 2.15 bits per heavy atom. The lowest BCUT2D eigenvalue weighted by atomic mass is 9.49. The summed E-state index contributed by atoms with van der Waals surface area (Å²) in [5, 5.41) is 2.80. The van der Waals surface area contributed by atoms with Gasteiger partial charge >= 0.3 is 0 Å². The average molecular weight is 434 g/mol. The number of rotatable bonds is 4. The maximum Gasteiger partial charge on any atom is 0.270 e. The summed E-state index contributed by atoms with van der Waals surface area (Å²) < 4.78 is 0.645. The molecule has 1 aromatic carbocycles. The Kier molecular flexibility index (Phi) is 4.97. The molecule has 144 valence electrons. The normalized spacial score (nSPS) is 30.6. The highest BCUT2D eigenvalue weighted by Crippen LogP contribution is 2.60. The van der Waals surface area contributed by atoms with Crippen molar-refractivity contribution < 1.29 is 14.4 Å². The van der Waals surface area contributed by atoms with Crippen molar-refractivity contribution >= 4 is 33.7 Å². The summed E-state index contributed by atoms with van der Waals surface area (Å²) >= 11 is 3.30. The van der Waals surface area contributed by atoms with Crippen LogP contribution >= 0.6 is 15.9 Å². The molecule has 0 unspecified atom stereocenters. The summed E-state index contributed by atoms with van der Waals surface area (Å²) in [6.45, 7) is -0.128. The van der Waals surface area contributed by atoms with Gasteiger partial charge in [-0.2, -0.15) is 0 Å². The molecule has 0 saturated heterocycles. The number of amides is 3. The van der Waals surface area contributed by atoms with E-state index in [0.717, 1.165) is 19.3 Å². The number of hydrogen-bond acceptors (Lipinski definition) is 3. The van der Waals surface area contributed by atoms with E-state index in [1.165, 1.54) is 19.3 Å². The van der Waals surface area contributed by atoms with Crippen molar-refractivity contribution in [2.24, 2.45) is 23.2 Å². The largest absolute Gasteiger partial charge is 0.346 e. The van der Waals surface area contributed by atoms with Crippen molar-refractivity contribution in [2.75, 3.05) is 6.54 Å². The Balaban J connectivity index is 1.27. The fraction of sp³-hybridized carbons (Fsp3) is 0.550. The molecule has 0 aromatic heterocycles. The third kappa shape index (κ3) is 3.74. The van der Waals surface area contributed by atoms with Gasteiger partial charge in [0.15, 0.2) is 0 Å². The molecule has 3 amide bonds. The SMILES string of the molecule is O=C(CNC(=O)C12CC3CC(CC(C3)C1)C2)NNC(=O)c1ccccc1Br. The number of hydrazine groups is 1. The van der Waals surface area contributed by atoms with E-state index in [1.807, 2.05) is 0 Å². The average Bonchev–Trinajstić information content (AvgIpc) is 2.63. The van der Waals surface area contributed by atoms with Gasteiger partial charge < -0.3 is 5.32 Å². The van der Waals surface area contributed by atoms with Crippen LogP contribution in [0.1, 0.15) is 48.9 Å². The van der Waals surface area contributed by atoms with Gasteiger partial charge in [0.1, 0.15) is 0 Å². The number of carbonyl (C=O) groups excluding carboxylic acids is 3. The number of halogens is 1. The molecular formula is C20H24BrN3O3. The van der Waals surface area contributed by atoms with Crippen LogP contribution in [0.5, 0.6) is 0 Å². The predicted molar refractivity (Wildman–Crippen MR) is 103 cm³/mol. The molecule has 27 heavy (non-hydrogen) atoms. The summed E-state index contributed by atoms with van der Waals surface area (Å²) in [5.74, 6) is 1.20. The molecule has 0 spiro atoms. The molecule has 4 aliphatic carbocycles. The molecule has 0 atom stereocenters. The summed E-state index contributed by atoms with van der Waals surface area (Å²) in [5.41, 5.74) is 4.90. The maximum absolute atomic E-state index is 12.8. The van der Waals surface area contributed by atoms with Crippen molar-refractivity contribution in [1.29, 1.82) is 0 Å². The zero-order valence-corrected chi connectivity index (χ0v) is 16.7. The van der Waals surface area contributed by atoms with E-state index in [2.05, 4.69) is 32.1 Å². The smallest absolute Gasteiger partial charge is 0.270 e. The van der Waals surface area contributed by atoms with Crippen LogP contribution in [-0.4, -0.2) is 24.3 Å². The molecule has 4 bridgehead atoms. The van der Waals surface area contributed by atoms with Gasteiger partial charge in [-0.15, -0.1) is 0 Å². The molecular weight excluding hydrogens is 410 g/mol. The van der Waals surface area contributed by atoms with Gasteiger partial charge in [0.2, 0.25) is 5.91 Å². The Hall–Kier alpha value is -1.89. The summed E-state index contributed by atoms with van der Waals surface area (Å²) in [6.07, 6.45) is 6.71. The van der Waals surface area contributed by atoms with Crippen LogP contribution in [0.15, 0.2) is 28.7 Å². The van der Waals surface area contributed by atoms with Crippen molar-refractivity contribution in [2.45, 2.75) is 38.5 Å². The van der Waals surface area contributed by atoms with Crippen LogP contribution in [0.4, 0.5) is 0 Å². The minimum atomic E-state index is -0.437. The molecule has 0 aliphatic heterocycles. The zero-order valence-electron chi connectivity index (χ0n) is 15.1. The monoisotopic (exact) mass is 433 g/mol. The van der Waals surface area contributed by atoms with E-state index in [0.29, 0.717) is 27.8 Å². The molecule has 7 heteroatoms. The van der Waals surface area contributed by atoms with Crippen molar-refractivity contribution in [3.05, 3.63) is 34.3 Å². The third-order valence-electron chi connectivity index (χ3n) is 6.36. The Bertz CT molecular complexity index is 744. The van der Waals surface area contributed by atoms with E-state index in [-0.39, 0.29) is 17.9 Å². The lowest BCUT2D eigenvalue weighted by Gasteiger charge is -2.55. The van der Waals surface area contributed by atoms with E-state index in [1.54, 1.807) is 24.3 Å². The molecule has 3 N–H and O–H groups in total. The molecule has 4 saturated carbocycles. The fourth-order valence-corrected chi connectivity index (χ4v) is 6.08. The van der Waals surface area contributed by atoms with Crippen molar-refractivity contribution in [3.63, 3.8) is 0 Å². The molecule has 0 heterocycles. The van der Waals surface area contributed by atoms with E-state index in [4.69, 9.17) is 0 Å². The van der Waals surface area contributed by atoms with Crippen LogP contribution in [0.3, 0.4) is 0 Å².